The Hall–Kier alpha value is -1.68. The predicted octanol–water partition coefficient (Wildman–Crippen LogP) is 2.15. The van der Waals surface area contributed by atoms with Crippen LogP contribution in [-0.4, -0.2) is 71.8 Å². The minimum atomic E-state index is -3.80. The molecule has 1 heterocycles. The van der Waals surface area contributed by atoms with Gasteiger partial charge >= 0.3 is 0 Å². The normalized spacial score (nSPS) is 19.0. The predicted molar refractivity (Wildman–Crippen MR) is 119 cm³/mol. The van der Waals surface area contributed by atoms with Gasteiger partial charge in [0, 0.05) is 31.2 Å². The van der Waals surface area contributed by atoms with Crippen molar-refractivity contribution in [2.24, 2.45) is 0 Å². The molecule has 2 fully saturated rings. The number of carbonyl (C=O) groups is 1. The molecular formula is C22H35N3O5S. The largest absolute Gasteiger partial charge is 0.495 e. The number of nitrogens with zero attached hydrogens (tertiary/aromatic N) is 1. The molecule has 9 heteroatoms. The van der Waals surface area contributed by atoms with E-state index in [-0.39, 0.29) is 22.6 Å². The number of carbonyl (C=O) groups excluding carboxylic acids is 1. The number of ether oxygens (including phenoxy) is 2. The highest BCUT2D eigenvalue weighted by Gasteiger charge is 2.23. The van der Waals surface area contributed by atoms with Crippen LogP contribution in [0.25, 0.3) is 0 Å². The van der Waals surface area contributed by atoms with Crippen LogP contribution in [0.1, 0.15) is 55.3 Å². The molecule has 0 aromatic heterocycles. The first-order valence-corrected chi connectivity index (χ1v) is 12.8. The Labute approximate surface area is 185 Å². The van der Waals surface area contributed by atoms with Crippen molar-refractivity contribution in [2.45, 2.75) is 55.9 Å². The topological polar surface area (TPSA) is 97.0 Å². The summed E-state index contributed by atoms with van der Waals surface area (Å²) in [5, 5.41) is 3.07. The average molecular weight is 454 g/mol. The zero-order valence-electron chi connectivity index (χ0n) is 18.4. The third-order valence-electron chi connectivity index (χ3n) is 5.95. The van der Waals surface area contributed by atoms with E-state index >= 15 is 0 Å². The van der Waals surface area contributed by atoms with Crippen LogP contribution in [0.5, 0.6) is 5.75 Å². The number of sulfonamides is 1. The van der Waals surface area contributed by atoms with Gasteiger partial charge in [-0.05, 0) is 44.0 Å². The number of methoxy groups -OCH3 is 1. The summed E-state index contributed by atoms with van der Waals surface area (Å²) in [5.41, 5.74) is 0.332. The molecule has 0 unspecified atom stereocenters. The van der Waals surface area contributed by atoms with Crippen molar-refractivity contribution in [1.29, 1.82) is 0 Å². The molecule has 2 aliphatic rings. The van der Waals surface area contributed by atoms with Gasteiger partial charge in [-0.3, -0.25) is 9.69 Å². The lowest BCUT2D eigenvalue weighted by atomic mass is 10.1. The van der Waals surface area contributed by atoms with Crippen LogP contribution in [0, 0.1) is 0 Å². The molecule has 31 heavy (non-hydrogen) atoms. The standard InChI is InChI=1S/C22H35N3O5S/c1-29-20-10-9-18(22(26)24-19-7-4-2-3-5-8-19)17-21(20)31(27,28)23-11-6-12-25-13-15-30-16-14-25/h9-10,17,19,23H,2-8,11-16H2,1H3,(H,24,26). The fourth-order valence-electron chi connectivity index (χ4n) is 4.13. The summed E-state index contributed by atoms with van der Waals surface area (Å²) in [6.07, 6.45) is 7.27. The fraction of sp³-hybridized carbons (Fsp3) is 0.682. The maximum absolute atomic E-state index is 12.9. The second-order valence-corrected chi connectivity index (χ2v) is 9.97. The molecule has 1 aliphatic heterocycles. The number of amides is 1. The van der Waals surface area contributed by atoms with E-state index in [0.717, 1.165) is 58.5 Å². The Morgan fingerprint density at radius 1 is 1.16 bits per heavy atom. The lowest BCUT2D eigenvalue weighted by Crippen LogP contribution is -2.38. The van der Waals surface area contributed by atoms with Crippen LogP contribution in [0.4, 0.5) is 0 Å². The molecule has 1 aromatic carbocycles. The molecule has 1 aromatic rings. The molecule has 1 saturated heterocycles. The summed E-state index contributed by atoms with van der Waals surface area (Å²) in [7, 11) is -2.37. The summed E-state index contributed by atoms with van der Waals surface area (Å²) in [6.45, 7) is 4.32. The molecular weight excluding hydrogens is 418 g/mol. The monoisotopic (exact) mass is 453 g/mol. The van der Waals surface area contributed by atoms with E-state index in [2.05, 4.69) is 14.9 Å². The molecule has 1 amide bonds. The van der Waals surface area contributed by atoms with Crippen LogP contribution in [0.2, 0.25) is 0 Å². The number of nitrogens with one attached hydrogen (secondary N) is 2. The highest BCUT2D eigenvalue weighted by atomic mass is 32.2. The minimum Gasteiger partial charge on any atom is -0.495 e. The van der Waals surface area contributed by atoms with Crippen LogP contribution in [0.3, 0.4) is 0 Å². The van der Waals surface area contributed by atoms with Gasteiger partial charge in [0.15, 0.2) is 0 Å². The minimum absolute atomic E-state index is 0.00473. The lowest BCUT2D eigenvalue weighted by molar-refractivity contribution is 0.0376. The van der Waals surface area contributed by atoms with Gasteiger partial charge in [-0.1, -0.05) is 25.7 Å². The number of hydrogen-bond donors (Lipinski definition) is 2. The number of benzene rings is 1. The third-order valence-corrected chi connectivity index (χ3v) is 7.43. The molecule has 3 rings (SSSR count). The van der Waals surface area contributed by atoms with E-state index in [0.29, 0.717) is 18.5 Å². The van der Waals surface area contributed by atoms with Crippen molar-refractivity contribution in [3.05, 3.63) is 23.8 Å². The van der Waals surface area contributed by atoms with E-state index in [1.807, 2.05) is 0 Å². The molecule has 0 atom stereocenters. The van der Waals surface area contributed by atoms with Crippen molar-refractivity contribution >= 4 is 15.9 Å². The summed E-state index contributed by atoms with van der Waals surface area (Å²) in [6, 6.07) is 4.72. The van der Waals surface area contributed by atoms with E-state index in [9.17, 15) is 13.2 Å². The number of hydrogen-bond acceptors (Lipinski definition) is 6. The molecule has 2 N–H and O–H groups in total. The van der Waals surface area contributed by atoms with Crippen molar-refractivity contribution in [1.82, 2.24) is 14.9 Å². The van der Waals surface area contributed by atoms with E-state index in [4.69, 9.17) is 9.47 Å². The van der Waals surface area contributed by atoms with Crippen LogP contribution < -0.4 is 14.8 Å². The third kappa shape index (κ3) is 7.17. The maximum Gasteiger partial charge on any atom is 0.251 e. The van der Waals surface area contributed by atoms with E-state index in [1.165, 1.54) is 26.0 Å². The van der Waals surface area contributed by atoms with Gasteiger partial charge < -0.3 is 14.8 Å². The van der Waals surface area contributed by atoms with Gasteiger partial charge in [-0.25, -0.2) is 13.1 Å². The molecule has 8 nitrogen and oxygen atoms in total. The van der Waals surface area contributed by atoms with Gasteiger partial charge in [0.25, 0.3) is 5.91 Å². The Bertz CT molecular complexity index is 816. The van der Waals surface area contributed by atoms with Crippen molar-refractivity contribution in [3.8, 4) is 5.75 Å². The smallest absolute Gasteiger partial charge is 0.251 e. The summed E-state index contributed by atoms with van der Waals surface area (Å²) < 4.78 is 39.1. The van der Waals surface area contributed by atoms with Crippen LogP contribution in [0.15, 0.2) is 23.1 Å². The lowest BCUT2D eigenvalue weighted by Gasteiger charge is -2.26. The quantitative estimate of drug-likeness (QED) is 0.439. The van der Waals surface area contributed by atoms with Crippen LogP contribution >= 0.6 is 0 Å². The Morgan fingerprint density at radius 3 is 2.55 bits per heavy atom. The zero-order valence-corrected chi connectivity index (χ0v) is 19.2. The Kier molecular flexibility index (Phi) is 9.13. The fourth-order valence-corrected chi connectivity index (χ4v) is 5.40. The highest BCUT2D eigenvalue weighted by molar-refractivity contribution is 7.89. The summed E-state index contributed by atoms with van der Waals surface area (Å²) in [4.78, 5) is 15.0. The summed E-state index contributed by atoms with van der Waals surface area (Å²) in [5.74, 6) is -0.00924. The van der Waals surface area contributed by atoms with E-state index in [1.54, 1.807) is 12.1 Å². The second-order valence-electron chi connectivity index (χ2n) is 8.23. The first kappa shape index (κ1) is 24.0. The van der Waals surface area contributed by atoms with Gasteiger partial charge in [-0.15, -0.1) is 0 Å². The van der Waals surface area contributed by atoms with Gasteiger partial charge in [0.1, 0.15) is 10.6 Å². The van der Waals surface area contributed by atoms with Gasteiger partial charge in [0.2, 0.25) is 10.0 Å². The molecule has 1 saturated carbocycles. The van der Waals surface area contributed by atoms with Crippen molar-refractivity contribution in [3.63, 3.8) is 0 Å². The Morgan fingerprint density at radius 2 is 1.87 bits per heavy atom. The Balaban J connectivity index is 1.61. The van der Waals surface area contributed by atoms with Crippen LogP contribution in [-0.2, 0) is 14.8 Å². The first-order valence-electron chi connectivity index (χ1n) is 11.3. The second kappa shape index (κ2) is 11.8. The van der Waals surface area contributed by atoms with Gasteiger partial charge in [0.05, 0.1) is 20.3 Å². The first-order chi connectivity index (χ1) is 15.0. The molecule has 1 aliphatic carbocycles. The number of morpholine rings is 1. The number of rotatable bonds is 9. The highest BCUT2D eigenvalue weighted by Crippen LogP contribution is 2.25. The van der Waals surface area contributed by atoms with Gasteiger partial charge in [-0.2, -0.15) is 0 Å². The average Bonchev–Trinajstić information content (AvgIpc) is 3.05. The SMILES string of the molecule is COc1ccc(C(=O)NC2CCCCCC2)cc1S(=O)(=O)NCCCN1CCOCC1. The molecule has 0 bridgehead atoms. The molecule has 0 spiro atoms. The molecule has 0 radical (unpaired) electrons. The van der Waals surface area contributed by atoms with Crippen molar-refractivity contribution in [2.75, 3.05) is 46.5 Å². The zero-order chi connectivity index (χ0) is 22.1. The summed E-state index contributed by atoms with van der Waals surface area (Å²) >= 11 is 0. The molecule has 174 valence electrons. The van der Waals surface area contributed by atoms with Crippen molar-refractivity contribution < 1.29 is 22.7 Å². The maximum atomic E-state index is 12.9. The van der Waals surface area contributed by atoms with E-state index < -0.39 is 10.0 Å².